The SMILES string of the molecule is Cc1ccsc1CN(C)C(C)C(=O)N1CCCCC1. The Morgan fingerprint density at radius 2 is 2.11 bits per heavy atom. The molecule has 0 bridgehead atoms. The highest BCUT2D eigenvalue weighted by Gasteiger charge is 2.25. The Bertz CT molecular complexity index is 424. The summed E-state index contributed by atoms with van der Waals surface area (Å²) in [5, 5.41) is 2.12. The van der Waals surface area contributed by atoms with Crippen LogP contribution in [0.2, 0.25) is 0 Å². The molecule has 0 aromatic carbocycles. The van der Waals surface area contributed by atoms with Crippen molar-refractivity contribution in [2.75, 3.05) is 20.1 Å². The third-order valence-electron chi connectivity index (χ3n) is 4.05. The molecule has 0 radical (unpaired) electrons. The van der Waals surface area contributed by atoms with Gasteiger partial charge in [0.2, 0.25) is 5.91 Å². The lowest BCUT2D eigenvalue weighted by molar-refractivity contribution is -0.137. The summed E-state index contributed by atoms with van der Waals surface area (Å²) >= 11 is 1.78. The lowest BCUT2D eigenvalue weighted by Crippen LogP contribution is -2.47. The second-order valence-electron chi connectivity index (χ2n) is 5.50. The topological polar surface area (TPSA) is 23.6 Å². The first kappa shape index (κ1) is 14.5. The molecular formula is C15H24N2OS. The summed E-state index contributed by atoms with van der Waals surface area (Å²) in [4.78, 5) is 18.0. The minimum Gasteiger partial charge on any atom is -0.341 e. The number of piperidine rings is 1. The molecule has 1 amide bonds. The Morgan fingerprint density at radius 1 is 1.42 bits per heavy atom. The van der Waals surface area contributed by atoms with E-state index >= 15 is 0 Å². The van der Waals surface area contributed by atoms with Crippen LogP contribution in [0.25, 0.3) is 0 Å². The molecule has 1 fully saturated rings. The normalized spacial score (nSPS) is 17.8. The van der Waals surface area contributed by atoms with Crippen LogP contribution in [0, 0.1) is 6.92 Å². The molecule has 106 valence electrons. The number of hydrogen-bond donors (Lipinski definition) is 0. The Morgan fingerprint density at radius 3 is 2.68 bits per heavy atom. The molecule has 1 aliphatic rings. The van der Waals surface area contributed by atoms with Gasteiger partial charge in [0.15, 0.2) is 0 Å². The van der Waals surface area contributed by atoms with Gasteiger partial charge < -0.3 is 4.90 Å². The zero-order chi connectivity index (χ0) is 13.8. The summed E-state index contributed by atoms with van der Waals surface area (Å²) in [7, 11) is 2.05. The van der Waals surface area contributed by atoms with Crippen molar-refractivity contribution in [2.24, 2.45) is 0 Å². The zero-order valence-corrected chi connectivity index (χ0v) is 13.0. The molecule has 1 aromatic heterocycles. The van der Waals surface area contributed by atoms with Gasteiger partial charge in [-0.05, 0) is 57.2 Å². The number of aryl methyl sites for hydroxylation is 1. The molecule has 4 heteroatoms. The van der Waals surface area contributed by atoms with Gasteiger partial charge in [0.1, 0.15) is 0 Å². The fourth-order valence-corrected chi connectivity index (χ4v) is 3.47. The highest BCUT2D eigenvalue weighted by Crippen LogP contribution is 2.19. The third kappa shape index (κ3) is 3.57. The molecule has 1 atom stereocenters. The molecule has 1 saturated heterocycles. The van der Waals surface area contributed by atoms with E-state index in [0.717, 1.165) is 32.5 Å². The number of nitrogens with zero attached hydrogens (tertiary/aromatic N) is 2. The summed E-state index contributed by atoms with van der Waals surface area (Å²) in [6.07, 6.45) is 3.58. The van der Waals surface area contributed by atoms with E-state index in [1.807, 2.05) is 18.9 Å². The van der Waals surface area contributed by atoms with E-state index in [4.69, 9.17) is 0 Å². The van der Waals surface area contributed by atoms with Crippen molar-refractivity contribution in [2.45, 2.75) is 45.7 Å². The highest BCUT2D eigenvalue weighted by molar-refractivity contribution is 7.10. The average Bonchev–Trinajstić information content (AvgIpc) is 2.83. The van der Waals surface area contributed by atoms with Gasteiger partial charge in [-0.2, -0.15) is 0 Å². The number of amides is 1. The second kappa shape index (κ2) is 6.53. The number of likely N-dealkylation sites (N-methyl/N-ethyl adjacent to an activating group) is 1. The van der Waals surface area contributed by atoms with Crippen LogP contribution in [0.3, 0.4) is 0 Å². The van der Waals surface area contributed by atoms with Crippen molar-refractivity contribution >= 4 is 17.2 Å². The van der Waals surface area contributed by atoms with Crippen LogP contribution in [0.1, 0.15) is 36.6 Å². The van der Waals surface area contributed by atoms with Crippen LogP contribution in [0.15, 0.2) is 11.4 Å². The van der Waals surface area contributed by atoms with E-state index in [2.05, 4.69) is 23.3 Å². The van der Waals surface area contributed by atoms with E-state index in [0.29, 0.717) is 0 Å². The van der Waals surface area contributed by atoms with E-state index in [9.17, 15) is 4.79 Å². The van der Waals surface area contributed by atoms with E-state index in [-0.39, 0.29) is 11.9 Å². The maximum Gasteiger partial charge on any atom is 0.239 e. The summed E-state index contributed by atoms with van der Waals surface area (Å²) in [6, 6.07) is 2.12. The lowest BCUT2D eigenvalue weighted by Gasteiger charge is -2.32. The van der Waals surface area contributed by atoms with Crippen molar-refractivity contribution in [1.29, 1.82) is 0 Å². The fraction of sp³-hybridized carbons (Fsp3) is 0.667. The Hall–Kier alpha value is -0.870. The molecule has 0 N–H and O–H groups in total. The van der Waals surface area contributed by atoms with Gasteiger partial charge in [-0.1, -0.05) is 0 Å². The summed E-state index contributed by atoms with van der Waals surface area (Å²) < 4.78 is 0. The highest BCUT2D eigenvalue weighted by atomic mass is 32.1. The first-order chi connectivity index (χ1) is 9.09. The molecule has 19 heavy (non-hydrogen) atoms. The van der Waals surface area contributed by atoms with Crippen molar-refractivity contribution in [3.05, 3.63) is 21.9 Å². The van der Waals surface area contributed by atoms with E-state index in [1.165, 1.54) is 16.9 Å². The van der Waals surface area contributed by atoms with Crippen molar-refractivity contribution in [3.8, 4) is 0 Å². The minimum absolute atomic E-state index is 0.0281. The Kier molecular flexibility index (Phi) is 4.99. The fourth-order valence-electron chi connectivity index (χ4n) is 2.50. The molecule has 0 saturated carbocycles. The third-order valence-corrected chi connectivity index (χ3v) is 5.06. The van der Waals surface area contributed by atoms with Gasteiger partial charge >= 0.3 is 0 Å². The standard InChI is InChI=1S/C15H24N2OS/c1-12-7-10-19-14(12)11-16(3)13(2)15(18)17-8-5-4-6-9-17/h7,10,13H,4-6,8-9,11H2,1-3H3. The molecule has 1 aliphatic heterocycles. The minimum atomic E-state index is -0.0281. The zero-order valence-electron chi connectivity index (χ0n) is 12.2. The second-order valence-corrected chi connectivity index (χ2v) is 6.50. The molecule has 3 nitrogen and oxygen atoms in total. The molecular weight excluding hydrogens is 256 g/mol. The lowest BCUT2D eigenvalue weighted by atomic mass is 10.1. The van der Waals surface area contributed by atoms with Crippen LogP contribution in [-0.4, -0.2) is 41.9 Å². The van der Waals surface area contributed by atoms with Crippen LogP contribution in [0.4, 0.5) is 0 Å². The van der Waals surface area contributed by atoms with Crippen molar-refractivity contribution < 1.29 is 4.79 Å². The summed E-state index contributed by atoms with van der Waals surface area (Å²) in [5.41, 5.74) is 1.33. The predicted molar refractivity (Wildman–Crippen MR) is 80.4 cm³/mol. The maximum absolute atomic E-state index is 12.4. The number of carbonyl (C=O) groups is 1. The van der Waals surface area contributed by atoms with Crippen LogP contribution < -0.4 is 0 Å². The number of likely N-dealkylation sites (tertiary alicyclic amines) is 1. The average molecular weight is 280 g/mol. The molecule has 1 aromatic rings. The van der Waals surface area contributed by atoms with Gasteiger partial charge in [0, 0.05) is 24.5 Å². The molecule has 2 heterocycles. The maximum atomic E-state index is 12.4. The quantitative estimate of drug-likeness (QED) is 0.846. The Balaban J connectivity index is 1.92. The van der Waals surface area contributed by atoms with E-state index < -0.39 is 0 Å². The number of rotatable bonds is 4. The van der Waals surface area contributed by atoms with Gasteiger partial charge in [-0.25, -0.2) is 0 Å². The van der Waals surface area contributed by atoms with Crippen LogP contribution in [0.5, 0.6) is 0 Å². The number of hydrogen-bond acceptors (Lipinski definition) is 3. The molecule has 2 rings (SSSR count). The van der Waals surface area contributed by atoms with Crippen LogP contribution in [-0.2, 0) is 11.3 Å². The van der Waals surface area contributed by atoms with Crippen LogP contribution >= 0.6 is 11.3 Å². The molecule has 1 unspecified atom stereocenters. The number of carbonyl (C=O) groups excluding carboxylic acids is 1. The molecule has 0 aliphatic carbocycles. The van der Waals surface area contributed by atoms with Gasteiger partial charge in [-0.15, -0.1) is 11.3 Å². The summed E-state index contributed by atoms with van der Waals surface area (Å²) in [6.45, 7) is 6.91. The molecule has 0 spiro atoms. The van der Waals surface area contributed by atoms with Gasteiger partial charge in [0.25, 0.3) is 0 Å². The first-order valence-electron chi connectivity index (χ1n) is 7.11. The Labute approximate surface area is 120 Å². The first-order valence-corrected chi connectivity index (χ1v) is 7.99. The number of thiophene rings is 1. The van der Waals surface area contributed by atoms with Gasteiger partial charge in [-0.3, -0.25) is 9.69 Å². The van der Waals surface area contributed by atoms with Gasteiger partial charge in [0.05, 0.1) is 6.04 Å². The summed E-state index contributed by atoms with van der Waals surface area (Å²) in [5.74, 6) is 0.288. The van der Waals surface area contributed by atoms with Crippen molar-refractivity contribution in [1.82, 2.24) is 9.80 Å². The van der Waals surface area contributed by atoms with E-state index in [1.54, 1.807) is 11.3 Å². The van der Waals surface area contributed by atoms with Crippen molar-refractivity contribution in [3.63, 3.8) is 0 Å². The largest absolute Gasteiger partial charge is 0.341 e. The smallest absolute Gasteiger partial charge is 0.239 e. The monoisotopic (exact) mass is 280 g/mol. The predicted octanol–water partition coefficient (Wildman–Crippen LogP) is 2.89.